The minimum atomic E-state index is 0.0108. The van der Waals surface area contributed by atoms with Crippen LogP contribution in [-0.2, 0) is 4.79 Å². The topological polar surface area (TPSA) is 78.9 Å². The summed E-state index contributed by atoms with van der Waals surface area (Å²) in [4.78, 5) is 13.6. The van der Waals surface area contributed by atoms with Crippen molar-refractivity contribution in [2.45, 2.75) is 19.3 Å². The minimum absolute atomic E-state index is 0.0108. The van der Waals surface area contributed by atoms with Crippen LogP contribution in [0.4, 0.5) is 5.69 Å². The monoisotopic (exact) mass is 247 g/mol. The van der Waals surface area contributed by atoms with Gasteiger partial charge in [-0.25, -0.2) is 0 Å². The Morgan fingerprint density at radius 2 is 2.17 bits per heavy atom. The predicted octanol–water partition coefficient (Wildman–Crippen LogP) is 1.54. The van der Waals surface area contributed by atoms with Gasteiger partial charge in [0.15, 0.2) is 5.84 Å². The fourth-order valence-corrected chi connectivity index (χ4v) is 1.88. The standard InChI is InChI=1S/C13H17N3O2/c1-16(12(17)8-9-6-7-9)11-5-3-2-4-10(11)13(14)15-18/h2-5,9,18H,6-8H2,1H3,(H2,14,15). The second kappa shape index (κ2) is 5.08. The first-order chi connectivity index (χ1) is 8.63. The van der Waals surface area contributed by atoms with Gasteiger partial charge in [-0.15, -0.1) is 0 Å². The SMILES string of the molecule is CN(C(=O)CC1CC1)c1ccccc1C(N)=NO. The summed E-state index contributed by atoms with van der Waals surface area (Å²) >= 11 is 0. The fourth-order valence-electron chi connectivity index (χ4n) is 1.88. The lowest BCUT2D eigenvalue weighted by Crippen LogP contribution is -2.29. The van der Waals surface area contributed by atoms with Gasteiger partial charge in [-0.1, -0.05) is 17.3 Å². The number of carbonyl (C=O) groups excluding carboxylic acids is 1. The lowest BCUT2D eigenvalue weighted by atomic mass is 10.1. The lowest BCUT2D eigenvalue weighted by molar-refractivity contribution is -0.118. The van der Waals surface area contributed by atoms with E-state index < -0.39 is 0 Å². The molecule has 2 rings (SSSR count). The van der Waals surface area contributed by atoms with Crippen molar-refractivity contribution in [1.82, 2.24) is 0 Å². The van der Waals surface area contributed by atoms with Crippen LogP contribution in [0.5, 0.6) is 0 Å². The van der Waals surface area contributed by atoms with Crippen LogP contribution in [0, 0.1) is 5.92 Å². The molecule has 1 aliphatic carbocycles. The molecule has 5 nitrogen and oxygen atoms in total. The number of rotatable bonds is 4. The molecular formula is C13H17N3O2. The number of carbonyl (C=O) groups is 1. The third-order valence-corrected chi connectivity index (χ3v) is 3.18. The summed E-state index contributed by atoms with van der Waals surface area (Å²) in [6, 6.07) is 7.13. The molecule has 0 aliphatic heterocycles. The quantitative estimate of drug-likeness (QED) is 0.366. The van der Waals surface area contributed by atoms with Crippen molar-refractivity contribution in [2.24, 2.45) is 16.8 Å². The van der Waals surface area contributed by atoms with E-state index in [9.17, 15) is 4.79 Å². The summed E-state index contributed by atoms with van der Waals surface area (Å²) in [5, 5.41) is 11.7. The average molecular weight is 247 g/mol. The van der Waals surface area contributed by atoms with E-state index in [1.54, 1.807) is 30.1 Å². The number of nitrogens with two attached hydrogens (primary N) is 1. The Kier molecular flexibility index (Phi) is 3.50. The summed E-state index contributed by atoms with van der Waals surface area (Å²) in [5.74, 6) is 0.614. The highest BCUT2D eigenvalue weighted by molar-refractivity contribution is 6.06. The van der Waals surface area contributed by atoms with Gasteiger partial charge in [0.25, 0.3) is 0 Å². The largest absolute Gasteiger partial charge is 0.409 e. The predicted molar refractivity (Wildman–Crippen MR) is 69.7 cm³/mol. The van der Waals surface area contributed by atoms with Gasteiger partial charge in [0.2, 0.25) is 5.91 Å². The summed E-state index contributed by atoms with van der Waals surface area (Å²) in [7, 11) is 1.72. The molecule has 5 heteroatoms. The van der Waals surface area contributed by atoms with Crippen LogP contribution in [0.15, 0.2) is 29.4 Å². The first-order valence-corrected chi connectivity index (χ1v) is 5.97. The van der Waals surface area contributed by atoms with Gasteiger partial charge in [0.05, 0.1) is 5.69 Å². The molecule has 0 bridgehead atoms. The van der Waals surface area contributed by atoms with Gasteiger partial charge in [0.1, 0.15) is 0 Å². The maximum absolute atomic E-state index is 12.0. The number of amides is 1. The van der Waals surface area contributed by atoms with Gasteiger partial charge >= 0.3 is 0 Å². The van der Waals surface area contributed by atoms with Crippen molar-refractivity contribution in [1.29, 1.82) is 0 Å². The molecule has 1 aliphatic rings. The van der Waals surface area contributed by atoms with Crippen molar-refractivity contribution < 1.29 is 10.0 Å². The second-order valence-electron chi connectivity index (χ2n) is 4.60. The third kappa shape index (κ3) is 2.61. The van der Waals surface area contributed by atoms with Crippen molar-refractivity contribution in [3.05, 3.63) is 29.8 Å². The highest BCUT2D eigenvalue weighted by Gasteiger charge is 2.27. The van der Waals surface area contributed by atoms with Crippen LogP contribution in [-0.4, -0.2) is 24.0 Å². The zero-order valence-corrected chi connectivity index (χ0v) is 10.3. The average Bonchev–Trinajstić information content (AvgIpc) is 3.20. The van der Waals surface area contributed by atoms with E-state index in [-0.39, 0.29) is 11.7 Å². The van der Waals surface area contributed by atoms with Crippen molar-refractivity contribution >= 4 is 17.4 Å². The van der Waals surface area contributed by atoms with E-state index in [0.717, 1.165) is 12.8 Å². The molecule has 0 saturated heterocycles. The number of para-hydroxylation sites is 1. The van der Waals surface area contributed by atoms with Crippen LogP contribution < -0.4 is 10.6 Å². The van der Waals surface area contributed by atoms with E-state index in [2.05, 4.69) is 5.16 Å². The minimum Gasteiger partial charge on any atom is -0.409 e. The fraction of sp³-hybridized carbons (Fsp3) is 0.385. The molecular weight excluding hydrogens is 230 g/mol. The Morgan fingerprint density at radius 1 is 1.50 bits per heavy atom. The number of amidine groups is 1. The highest BCUT2D eigenvalue weighted by atomic mass is 16.4. The van der Waals surface area contributed by atoms with E-state index >= 15 is 0 Å². The Hall–Kier alpha value is -2.04. The zero-order chi connectivity index (χ0) is 13.1. The molecule has 0 spiro atoms. The van der Waals surface area contributed by atoms with Gasteiger partial charge in [0, 0.05) is 19.0 Å². The molecule has 1 amide bonds. The number of benzene rings is 1. The number of hydrogen-bond acceptors (Lipinski definition) is 3. The Morgan fingerprint density at radius 3 is 2.78 bits per heavy atom. The van der Waals surface area contributed by atoms with Crippen molar-refractivity contribution in [3.63, 3.8) is 0 Å². The molecule has 0 aromatic heterocycles. The molecule has 0 atom stereocenters. The third-order valence-electron chi connectivity index (χ3n) is 3.18. The van der Waals surface area contributed by atoms with Gasteiger partial charge < -0.3 is 15.8 Å². The van der Waals surface area contributed by atoms with E-state index in [1.807, 2.05) is 6.07 Å². The summed E-state index contributed by atoms with van der Waals surface area (Å²) in [5.41, 5.74) is 6.84. The Balaban J connectivity index is 2.23. The maximum Gasteiger partial charge on any atom is 0.227 e. The van der Waals surface area contributed by atoms with Crippen molar-refractivity contribution in [2.75, 3.05) is 11.9 Å². The summed E-state index contributed by atoms with van der Waals surface area (Å²) < 4.78 is 0. The molecule has 1 aromatic carbocycles. The molecule has 18 heavy (non-hydrogen) atoms. The van der Waals surface area contributed by atoms with E-state index in [1.165, 1.54) is 0 Å². The Bertz CT molecular complexity index is 481. The molecule has 1 fully saturated rings. The Labute approximate surface area is 106 Å². The molecule has 1 saturated carbocycles. The normalized spacial score (nSPS) is 15.5. The molecule has 0 heterocycles. The van der Waals surface area contributed by atoms with E-state index in [0.29, 0.717) is 23.6 Å². The molecule has 1 aromatic rings. The first-order valence-electron chi connectivity index (χ1n) is 5.97. The lowest BCUT2D eigenvalue weighted by Gasteiger charge is -2.20. The van der Waals surface area contributed by atoms with Crippen LogP contribution in [0.2, 0.25) is 0 Å². The molecule has 96 valence electrons. The summed E-state index contributed by atoms with van der Waals surface area (Å²) in [6.07, 6.45) is 2.85. The summed E-state index contributed by atoms with van der Waals surface area (Å²) in [6.45, 7) is 0. The molecule has 0 radical (unpaired) electrons. The zero-order valence-electron chi connectivity index (χ0n) is 10.3. The number of anilines is 1. The second-order valence-corrected chi connectivity index (χ2v) is 4.60. The van der Waals surface area contributed by atoms with Crippen LogP contribution in [0.3, 0.4) is 0 Å². The first kappa shape index (κ1) is 12.4. The number of oxime groups is 1. The highest BCUT2D eigenvalue weighted by Crippen LogP contribution is 2.33. The van der Waals surface area contributed by atoms with Crippen LogP contribution >= 0.6 is 0 Å². The maximum atomic E-state index is 12.0. The van der Waals surface area contributed by atoms with Crippen molar-refractivity contribution in [3.8, 4) is 0 Å². The molecule has 0 unspecified atom stereocenters. The number of hydrogen-bond donors (Lipinski definition) is 2. The van der Waals surface area contributed by atoms with Gasteiger partial charge in [-0.05, 0) is 30.9 Å². The molecule has 3 N–H and O–H groups in total. The van der Waals surface area contributed by atoms with Gasteiger partial charge in [-0.3, -0.25) is 4.79 Å². The number of nitrogens with zero attached hydrogens (tertiary/aromatic N) is 2. The smallest absolute Gasteiger partial charge is 0.227 e. The van der Waals surface area contributed by atoms with Gasteiger partial charge in [-0.2, -0.15) is 0 Å². The van der Waals surface area contributed by atoms with E-state index in [4.69, 9.17) is 10.9 Å². The van der Waals surface area contributed by atoms with Crippen LogP contribution in [0.1, 0.15) is 24.8 Å². The van der Waals surface area contributed by atoms with Crippen LogP contribution in [0.25, 0.3) is 0 Å².